The zero-order valence-electron chi connectivity index (χ0n) is 8.75. The van der Waals surface area contributed by atoms with Crippen LogP contribution in [0.1, 0.15) is 11.1 Å². The summed E-state index contributed by atoms with van der Waals surface area (Å²) in [4.78, 5) is 3.11. The predicted octanol–water partition coefficient (Wildman–Crippen LogP) is 4.34. The number of benzene rings is 2. The lowest BCUT2D eigenvalue weighted by atomic mass is 10.1. The molecule has 2 nitrogen and oxygen atoms in total. The molecule has 0 heterocycles. The smallest absolute Gasteiger partial charge is 0.0622 e. The number of rotatable bonds is 2. The summed E-state index contributed by atoms with van der Waals surface area (Å²) in [6.45, 7) is 0. The molecule has 0 N–H and O–H groups in total. The van der Waals surface area contributed by atoms with Crippen LogP contribution in [0, 0.1) is 5.39 Å². The van der Waals surface area contributed by atoms with Crippen LogP contribution >= 0.6 is 0 Å². The molecule has 0 aliphatic rings. The highest BCUT2D eigenvalue weighted by molar-refractivity contribution is 5.70. The summed E-state index contributed by atoms with van der Waals surface area (Å²) in [7, 11) is 0. The summed E-state index contributed by atoms with van der Waals surface area (Å²) in [5.74, 6) is 0. The maximum absolute atomic E-state index is 8.54. The number of hydrogen-bond donors (Lipinski definition) is 0. The van der Waals surface area contributed by atoms with Crippen molar-refractivity contribution in [3.8, 4) is 0 Å². The molecule has 2 rings (SSSR count). The number of nitrogens with zero attached hydrogens (tertiary/aromatic N) is 2. The standard InChI is InChI=1S/C14H11N2/c15-16-14-10-8-13(9-11-14)7-6-12-4-2-1-3-5-12/h1-11H/q+1/b7-6+. The van der Waals surface area contributed by atoms with Crippen molar-refractivity contribution in [3.05, 3.63) is 70.7 Å². The summed E-state index contributed by atoms with van der Waals surface area (Å²) in [6, 6.07) is 17.5. The van der Waals surface area contributed by atoms with Gasteiger partial charge in [-0.2, -0.15) is 0 Å². The Bertz CT molecular complexity index is 519. The Hall–Kier alpha value is -2.40. The van der Waals surface area contributed by atoms with Gasteiger partial charge in [0.2, 0.25) is 5.39 Å². The third-order valence-electron chi connectivity index (χ3n) is 2.28. The highest BCUT2D eigenvalue weighted by atomic mass is 14.8. The third kappa shape index (κ3) is 2.55. The van der Waals surface area contributed by atoms with Crippen molar-refractivity contribution in [1.29, 1.82) is 5.39 Å². The Morgan fingerprint density at radius 2 is 1.31 bits per heavy atom. The summed E-state index contributed by atoms with van der Waals surface area (Å²) >= 11 is 0. The predicted molar refractivity (Wildman–Crippen MR) is 66.6 cm³/mol. The second-order valence-electron chi connectivity index (χ2n) is 3.44. The van der Waals surface area contributed by atoms with Crippen LogP contribution in [0.3, 0.4) is 0 Å². The van der Waals surface area contributed by atoms with Gasteiger partial charge in [0.05, 0.1) is 0 Å². The minimum atomic E-state index is 0.567. The lowest BCUT2D eigenvalue weighted by Gasteiger charge is -1.92. The van der Waals surface area contributed by atoms with E-state index in [0.29, 0.717) is 5.69 Å². The van der Waals surface area contributed by atoms with Gasteiger partial charge in [-0.3, -0.25) is 0 Å². The largest absolute Gasteiger partial charge is 0.385 e. The van der Waals surface area contributed by atoms with Crippen LogP contribution in [-0.2, 0) is 0 Å². The van der Waals surface area contributed by atoms with Crippen molar-refractivity contribution in [2.45, 2.75) is 0 Å². The SMILES string of the molecule is N#[N+]c1ccc(/C=C/c2ccccc2)cc1. The van der Waals surface area contributed by atoms with Gasteiger partial charge in [-0.25, -0.2) is 0 Å². The van der Waals surface area contributed by atoms with Gasteiger partial charge in [0.25, 0.3) is 0 Å². The fourth-order valence-electron chi connectivity index (χ4n) is 1.41. The highest BCUT2D eigenvalue weighted by Gasteiger charge is 2.00. The lowest BCUT2D eigenvalue weighted by molar-refractivity contribution is 1.46. The number of diazo groups is 1. The lowest BCUT2D eigenvalue weighted by Crippen LogP contribution is -1.71. The highest BCUT2D eigenvalue weighted by Crippen LogP contribution is 2.14. The van der Waals surface area contributed by atoms with E-state index in [4.69, 9.17) is 5.39 Å². The fraction of sp³-hybridized carbons (Fsp3) is 0. The van der Waals surface area contributed by atoms with Crippen LogP contribution in [0.25, 0.3) is 17.1 Å². The average molecular weight is 207 g/mol. The van der Waals surface area contributed by atoms with Crippen molar-refractivity contribution in [1.82, 2.24) is 0 Å². The molecule has 0 bridgehead atoms. The Morgan fingerprint density at radius 3 is 1.88 bits per heavy atom. The maximum Gasteiger partial charge on any atom is 0.385 e. The van der Waals surface area contributed by atoms with Crippen molar-refractivity contribution in [2.24, 2.45) is 0 Å². The van der Waals surface area contributed by atoms with E-state index in [9.17, 15) is 0 Å². The van der Waals surface area contributed by atoms with Crippen LogP contribution in [0.2, 0.25) is 0 Å². The first-order valence-electron chi connectivity index (χ1n) is 5.07. The average Bonchev–Trinajstić information content (AvgIpc) is 2.38. The first-order valence-corrected chi connectivity index (χ1v) is 5.07. The molecule has 2 heteroatoms. The van der Waals surface area contributed by atoms with Gasteiger partial charge in [-0.15, -0.1) is 0 Å². The Kier molecular flexibility index (Phi) is 3.10. The van der Waals surface area contributed by atoms with Crippen molar-refractivity contribution < 1.29 is 0 Å². The van der Waals surface area contributed by atoms with Gasteiger partial charge in [0.15, 0.2) is 4.98 Å². The zero-order valence-corrected chi connectivity index (χ0v) is 8.75. The first-order chi connectivity index (χ1) is 7.88. The molecule has 0 spiro atoms. The molecule has 0 aliphatic heterocycles. The molecule has 0 radical (unpaired) electrons. The van der Waals surface area contributed by atoms with E-state index in [0.717, 1.165) is 5.56 Å². The van der Waals surface area contributed by atoms with Crippen molar-refractivity contribution >= 4 is 17.8 Å². The van der Waals surface area contributed by atoms with E-state index in [1.165, 1.54) is 5.56 Å². The molecule has 0 saturated heterocycles. The van der Waals surface area contributed by atoms with Gasteiger partial charge in [-0.05, 0) is 23.3 Å². The van der Waals surface area contributed by atoms with Crippen molar-refractivity contribution in [2.75, 3.05) is 0 Å². The van der Waals surface area contributed by atoms with E-state index in [1.54, 1.807) is 12.1 Å². The number of hydrogen-bond acceptors (Lipinski definition) is 1. The van der Waals surface area contributed by atoms with Gasteiger partial charge >= 0.3 is 5.69 Å². The minimum absolute atomic E-state index is 0.567. The molecule has 0 aromatic heterocycles. The van der Waals surface area contributed by atoms with E-state index in [-0.39, 0.29) is 0 Å². The summed E-state index contributed by atoms with van der Waals surface area (Å²) in [6.07, 6.45) is 4.07. The van der Waals surface area contributed by atoms with Crippen LogP contribution < -0.4 is 0 Å². The van der Waals surface area contributed by atoms with Gasteiger partial charge in [-0.1, -0.05) is 42.5 Å². The molecule has 16 heavy (non-hydrogen) atoms. The van der Waals surface area contributed by atoms with E-state index in [2.05, 4.69) is 4.98 Å². The van der Waals surface area contributed by atoms with Gasteiger partial charge in [0, 0.05) is 12.1 Å². The topological polar surface area (TPSA) is 28.1 Å². The summed E-state index contributed by atoms with van der Waals surface area (Å²) in [5.41, 5.74) is 2.81. The molecule has 0 unspecified atom stereocenters. The summed E-state index contributed by atoms with van der Waals surface area (Å²) < 4.78 is 0. The van der Waals surface area contributed by atoms with Crippen molar-refractivity contribution in [3.63, 3.8) is 0 Å². The van der Waals surface area contributed by atoms with Crippen LogP contribution in [0.4, 0.5) is 5.69 Å². The molecule has 76 valence electrons. The molecular formula is C14H11N2+. The van der Waals surface area contributed by atoms with E-state index < -0.39 is 0 Å². The first kappa shape index (κ1) is 10.1. The molecule has 2 aromatic carbocycles. The molecule has 0 atom stereocenters. The Labute approximate surface area is 94.5 Å². The fourth-order valence-corrected chi connectivity index (χ4v) is 1.41. The Balaban J connectivity index is 2.15. The van der Waals surface area contributed by atoms with Crippen LogP contribution in [0.5, 0.6) is 0 Å². The molecule has 0 amide bonds. The summed E-state index contributed by atoms with van der Waals surface area (Å²) in [5, 5.41) is 8.54. The van der Waals surface area contributed by atoms with Crippen LogP contribution in [-0.4, -0.2) is 0 Å². The van der Waals surface area contributed by atoms with Crippen LogP contribution in [0.15, 0.2) is 54.6 Å². The molecule has 0 aliphatic carbocycles. The normalized spacial score (nSPS) is 10.2. The molecule has 2 aromatic rings. The van der Waals surface area contributed by atoms with Gasteiger partial charge < -0.3 is 0 Å². The monoisotopic (exact) mass is 207 g/mol. The maximum atomic E-state index is 8.54. The van der Waals surface area contributed by atoms with E-state index in [1.807, 2.05) is 54.6 Å². The molecule has 0 fully saturated rings. The zero-order chi connectivity index (χ0) is 11.2. The minimum Gasteiger partial charge on any atom is -0.0622 e. The van der Waals surface area contributed by atoms with E-state index >= 15 is 0 Å². The third-order valence-corrected chi connectivity index (χ3v) is 2.28. The Morgan fingerprint density at radius 1 is 0.750 bits per heavy atom. The molecule has 0 saturated carbocycles. The van der Waals surface area contributed by atoms with Gasteiger partial charge in [0.1, 0.15) is 0 Å². The quantitative estimate of drug-likeness (QED) is 0.531. The second kappa shape index (κ2) is 4.90. The second-order valence-corrected chi connectivity index (χ2v) is 3.44. The molecular weight excluding hydrogens is 196 g/mol.